The molecule has 0 radical (unpaired) electrons. The average Bonchev–Trinajstić information content (AvgIpc) is 2.67. The number of aromatic hydroxyl groups is 2. The van der Waals surface area contributed by atoms with Gasteiger partial charge in [-0.1, -0.05) is 6.07 Å². The van der Waals surface area contributed by atoms with Crippen molar-refractivity contribution in [2.45, 2.75) is 12.5 Å². The van der Waals surface area contributed by atoms with E-state index in [1.54, 1.807) is 18.2 Å². The predicted octanol–water partition coefficient (Wildman–Crippen LogP) is 2.84. The largest absolute Gasteiger partial charge is 0.504 e. The molecule has 2 aromatic carbocycles. The molecule has 0 aliphatic carbocycles. The molecular formula is C19H20O8. The van der Waals surface area contributed by atoms with Crippen LogP contribution in [0, 0.1) is 0 Å². The van der Waals surface area contributed by atoms with Gasteiger partial charge in [-0.2, -0.15) is 0 Å². The molecule has 0 aromatic heterocycles. The van der Waals surface area contributed by atoms with Crippen molar-refractivity contribution in [2.24, 2.45) is 0 Å². The normalized spacial score (nSPS) is 15.6. The van der Waals surface area contributed by atoms with Crippen molar-refractivity contribution in [1.82, 2.24) is 0 Å². The number of phenolic OH excluding ortho intramolecular Hbond substituents is 2. The van der Waals surface area contributed by atoms with Crippen LogP contribution in [0.5, 0.6) is 40.2 Å². The average molecular weight is 376 g/mol. The maximum atomic E-state index is 12.7. The van der Waals surface area contributed by atoms with Gasteiger partial charge in [0.25, 0.3) is 0 Å². The van der Waals surface area contributed by atoms with E-state index in [0.717, 1.165) is 0 Å². The maximum Gasteiger partial charge on any atom is 0.208 e. The number of hydrogen-bond donors (Lipinski definition) is 2. The van der Waals surface area contributed by atoms with Crippen LogP contribution in [0.25, 0.3) is 0 Å². The molecule has 1 aliphatic rings. The van der Waals surface area contributed by atoms with Crippen LogP contribution in [0.4, 0.5) is 0 Å². The summed E-state index contributed by atoms with van der Waals surface area (Å²) in [5.41, 5.74) is 0.585. The number of phenols is 2. The maximum absolute atomic E-state index is 12.7. The molecule has 0 fully saturated rings. The molecule has 2 aromatic rings. The smallest absolute Gasteiger partial charge is 0.208 e. The van der Waals surface area contributed by atoms with Crippen LogP contribution in [0.3, 0.4) is 0 Å². The molecule has 0 saturated carbocycles. The standard InChI is InChI=1S/C19H20O8/c1-23-11-6-5-9(7-13(11)24-2)12-8-10(20)14-15(21)18(25-3)16(22)19(26-4)17(14)27-12/h5-7,12,21-22H,8H2,1-4H3. The van der Waals surface area contributed by atoms with Gasteiger partial charge >= 0.3 is 0 Å². The summed E-state index contributed by atoms with van der Waals surface area (Å²) in [6.45, 7) is 0. The Morgan fingerprint density at radius 1 is 0.926 bits per heavy atom. The number of benzene rings is 2. The Labute approximate surface area is 155 Å². The highest BCUT2D eigenvalue weighted by molar-refractivity contribution is 6.05. The van der Waals surface area contributed by atoms with E-state index in [1.165, 1.54) is 28.4 Å². The molecule has 144 valence electrons. The van der Waals surface area contributed by atoms with Crippen LogP contribution in [-0.2, 0) is 0 Å². The third-order valence-corrected chi connectivity index (χ3v) is 4.41. The van der Waals surface area contributed by atoms with E-state index < -0.39 is 17.6 Å². The van der Waals surface area contributed by atoms with E-state index in [9.17, 15) is 15.0 Å². The lowest BCUT2D eigenvalue weighted by atomic mass is 9.94. The highest BCUT2D eigenvalue weighted by Crippen LogP contribution is 2.55. The van der Waals surface area contributed by atoms with Crippen molar-refractivity contribution in [1.29, 1.82) is 0 Å². The van der Waals surface area contributed by atoms with Crippen LogP contribution >= 0.6 is 0 Å². The number of ether oxygens (including phenoxy) is 5. The molecule has 1 heterocycles. The van der Waals surface area contributed by atoms with E-state index in [1.807, 2.05) is 0 Å². The first kappa shape index (κ1) is 18.5. The Morgan fingerprint density at radius 3 is 2.19 bits per heavy atom. The molecule has 1 atom stereocenters. The van der Waals surface area contributed by atoms with Crippen molar-refractivity contribution in [2.75, 3.05) is 28.4 Å². The van der Waals surface area contributed by atoms with Gasteiger partial charge in [-0.15, -0.1) is 0 Å². The zero-order valence-corrected chi connectivity index (χ0v) is 15.4. The van der Waals surface area contributed by atoms with E-state index in [2.05, 4.69) is 0 Å². The number of carbonyl (C=O) groups is 1. The van der Waals surface area contributed by atoms with Crippen LogP contribution in [0.1, 0.15) is 28.4 Å². The summed E-state index contributed by atoms with van der Waals surface area (Å²) in [7, 11) is 5.62. The Kier molecular flexibility index (Phi) is 4.89. The van der Waals surface area contributed by atoms with Gasteiger partial charge < -0.3 is 33.9 Å². The summed E-state index contributed by atoms with van der Waals surface area (Å²) in [6, 6.07) is 5.16. The molecular weight excluding hydrogens is 356 g/mol. The molecule has 27 heavy (non-hydrogen) atoms. The van der Waals surface area contributed by atoms with Gasteiger partial charge in [-0.3, -0.25) is 4.79 Å². The first-order valence-electron chi connectivity index (χ1n) is 8.08. The van der Waals surface area contributed by atoms with E-state index >= 15 is 0 Å². The van der Waals surface area contributed by atoms with E-state index in [0.29, 0.717) is 17.1 Å². The number of methoxy groups -OCH3 is 4. The van der Waals surface area contributed by atoms with Crippen molar-refractivity contribution in [3.8, 4) is 40.2 Å². The Bertz CT molecular complexity index is 890. The first-order valence-corrected chi connectivity index (χ1v) is 8.08. The minimum Gasteiger partial charge on any atom is -0.504 e. The lowest BCUT2D eigenvalue weighted by molar-refractivity contribution is 0.0834. The van der Waals surface area contributed by atoms with Gasteiger partial charge in [0.05, 0.1) is 34.9 Å². The van der Waals surface area contributed by atoms with Crippen LogP contribution in [-0.4, -0.2) is 44.4 Å². The highest BCUT2D eigenvalue weighted by atomic mass is 16.5. The van der Waals surface area contributed by atoms with Gasteiger partial charge in [-0.05, 0) is 17.7 Å². The summed E-state index contributed by atoms with van der Waals surface area (Å²) in [6.07, 6.45) is -0.682. The number of ketones is 1. The fourth-order valence-corrected chi connectivity index (χ4v) is 3.10. The molecule has 8 nitrogen and oxygen atoms in total. The van der Waals surface area contributed by atoms with Crippen LogP contribution < -0.4 is 23.7 Å². The molecule has 0 bridgehead atoms. The second kappa shape index (κ2) is 7.14. The Hall–Kier alpha value is -3.29. The quantitative estimate of drug-likeness (QED) is 0.821. The second-order valence-electron chi connectivity index (χ2n) is 5.82. The molecule has 0 saturated heterocycles. The van der Waals surface area contributed by atoms with Crippen molar-refractivity contribution < 1.29 is 38.7 Å². The summed E-state index contributed by atoms with van der Waals surface area (Å²) >= 11 is 0. The minimum atomic E-state index is -0.661. The van der Waals surface area contributed by atoms with Crippen LogP contribution in [0.2, 0.25) is 0 Å². The number of hydrogen-bond acceptors (Lipinski definition) is 8. The minimum absolute atomic E-state index is 0.0207. The first-order chi connectivity index (χ1) is 13.0. The monoisotopic (exact) mass is 376 g/mol. The van der Waals surface area contributed by atoms with Gasteiger partial charge in [-0.25, -0.2) is 0 Å². The Morgan fingerprint density at radius 2 is 1.59 bits per heavy atom. The number of rotatable bonds is 5. The third kappa shape index (κ3) is 2.92. The SMILES string of the molecule is COc1ccc(C2CC(=O)c3c(O)c(OC)c(O)c(OC)c3O2)cc1OC. The summed E-state index contributed by atoms with van der Waals surface area (Å²) in [5.74, 6) is -0.635. The zero-order chi connectivity index (χ0) is 19.7. The molecule has 8 heteroatoms. The lowest BCUT2D eigenvalue weighted by Crippen LogP contribution is -2.21. The van der Waals surface area contributed by atoms with Crippen LogP contribution in [0.15, 0.2) is 18.2 Å². The van der Waals surface area contributed by atoms with Gasteiger partial charge in [0, 0.05) is 0 Å². The number of carbonyl (C=O) groups excluding carboxylic acids is 1. The third-order valence-electron chi connectivity index (χ3n) is 4.41. The second-order valence-corrected chi connectivity index (χ2v) is 5.82. The van der Waals surface area contributed by atoms with Gasteiger partial charge in [0.2, 0.25) is 17.2 Å². The zero-order valence-electron chi connectivity index (χ0n) is 15.4. The fourth-order valence-electron chi connectivity index (χ4n) is 3.10. The van der Waals surface area contributed by atoms with Crippen molar-refractivity contribution in [3.05, 3.63) is 29.3 Å². The van der Waals surface area contributed by atoms with Crippen molar-refractivity contribution in [3.63, 3.8) is 0 Å². The summed E-state index contributed by atoms with van der Waals surface area (Å²) in [5, 5.41) is 20.6. The molecule has 1 aliphatic heterocycles. The summed E-state index contributed by atoms with van der Waals surface area (Å²) in [4.78, 5) is 12.7. The summed E-state index contributed by atoms with van der Waals surface area (Å²) < 4.78 is 26.6. The molecule has 2 N–H and O–H groups in total. The number of fused-ring (bicyclic) bond motifs is 1. The Balaban J connectivity index is 2.10. The fraction of sp³-hybridized carbons (Fsp3) is 0.316. The topological polar surface area (TPSA) is 104 Å². The highest BCUT2D eigenvalue weighted by Gasteiger charge is 2.37. The van der Waals surface area contributed by atoms with Gasteiger partial charge in [0.1, 0.15) is 11.7 Å². The molecule has 3 rings (SSSR count). The number of Topliss-reactive ketones (excluding diaryl/α,β-unsaturated/α-hetero) is 1. The molecule has 0 spiro atoms. The predicted molar refractivity (Wildman–Crippen MR) is 94.7 cm³/mol. The van der Waals surface area contributed by atoms with E-state index in [-0.39, 0.29) is 35.0 Å². The van der Waals surface area contributed by atoms with Crippen molar-refractivity contribution >= 4 is 5.78 Å². The van der Waals surface area contributed by atoms with E-state index in [4.69, 9.17) is 23.7 Å². The van der Waals surface area contributed by atoms with Gasteiger partial charge in [0.15, 0.2) is 28.8 Å². The lowest BCUT2D eigenvalue weighted by Gasteiger charge is -2.28. The molecule has 1 unspecified atom stereocenters. The molecule has 0 amide bonds.